The van der Waals surface area contributed by atoms with Crippen molar-refractivity contribution in [1.82, 2.24) is 19.7 Å². The lowest BCUT2D eigenvalue weighted by atomic mass is 10.1. The average molecular weight is 292 g/mol. The Morgan fingerprint density at radius 2 is 1.91 bits per heavy atom. The molecule has 1 atom stereocenters. The molecule has 1 aromatic carbocycles. The predicted octanol–water partition coefficient (Wildman–Crippen LogP) is 3.46. The average Bonchev–Trinajstić information content (AvgIpc) is 3.10. The largest absolute Gasteiger partial charge is 0.295 e. The summed E-state index contributed by atoms with van der Waals surface area (Å²) < 4.78 is 1.87. The summed E-state index contributed by atoms with van der Waals surface area (Å²) >= 11 is 0. The minimum Gasteiger partial charge on any atom is -0.295 e. The van der Waals surface area contributed by atoms with Gasteiger partial charge in [0.05, 0.1) is 5.69 Å². The monoisotopic (exact) mass is 292 g/mol. The van der Waals surface area contributed by atoms with E-state index in [0.29, 0.717) is 6.04 Å². The quantitative estimate of drug-likeness (QED) is 0.722. The molecular weight excluding hydrogens is 272 g/mol. The fourth-order valence-corrected chi connectivity index (χ4v) is 2.48. The molecule has 0 amide bonds. The van der Waals surface area contributed by atoms with Gasteiger partial charge in [-0.05, 0) is 49.4 Å². The first-order chi connectivity index (χ1) is 10.7. The third-order valence-electron chi connectivity index (χ3n) is 3.97. The molecule has 2 heterocycles. The molecule has 0 N–H and O–H groups in total. The summed E-state index contributed by atoms with van der Waals surface area (Å²) in [6.07, 6.45) is 7.48. The van der Waals surface area contributed by atoms with Crippen molar-refractivity contribution in [2.45, 2.75) is 19.5 Å². The molecule has 0 aliphatic carbocycles. The minimum absolute atomic E-state index is 0.333. The Labute approximate surface area is 131 Å². The molecule has 4 heteroatoms. The number of aromatic nitrogens is 3. The zero-order chi connectivity index (χ0) is 15.4. The van der Waals surface area contributed by atoms with Crippen molar-refractivity contribution in [3.63, 3.8) is 0 Å². The Morgan fingerprint density at radius 1 is 1.09 bits per heavy atom. The summed E-state index contributed by atoms with van der Waals surface area (Å²) in [6, 6.07) is 14.9. The van der Waals surface area contributed by atoms with Crippen LogP contribution >= 0.6 is 0 Å². The maximum absolute atomic E-state index is 4.24. The summed E-state index contributed by atoms with van der Waals surface area (Å²) in [6.45, 7) is 3.10. The van der Waals surface area contributed by atoms with Crippen molar-refractivity contribution in [2.24, 2.45) is 0 Å². The molecule has 0 saturated carbocycles. The molecule has 22 heavy (non-hydrogen) atoms. The molecule has 0 radical (unpaired) electrons. The number of benzene rings is 1. The van der Waals surface area contributed by atoms with Gasteiger partial charge in [0.2, 0.25) is 0 Å². The van der Waals surface area contributed by atoms with E-state index in [9.17, 15) is 0 Å². The number of hydrogen-bond donors (Lipinski definition) is 0. The minimum atomic E-state index is 0.333. The third-order valence-corrected chi connectivity index (χ3v) is 3.97. The van der Waals surface area contributed by atoms with E-state index in [4.69, 9.17) is 0 Å². The zero-order valence-corrected chi connectivity index (χ0v) is 12.9. The van der Waals surface area contributed by atoms with Gasteiger partial charge in [0.1, 0.15) is 0 Å². The van der Waals surface area contributed by atoms with Crippen molar-refractivity contribution in [2.75, 3.05) is 7.05 Å². The molecule has 0 bridgehead atoms. The van der Waals surface area contributed by atoms with E-state index >= 15 is 0 Å². The van der Waals surface area contributed by atoms with Crippen LogP contribution in [0.1, 0.15) is 24.1 Å². The first-order valence-electron chi connectivity index (χ1n) is 7.43. The van der Waals surface area contributed by atoms with Gasteiger partial charge < -0.3 is 0 Å². The van der Waals surface area contributed by atoms with E-state index in [1.165, 1.54) is 11.1 Å². The normalized spacial score (nSPS) is 12.5. The van der Waals surface area contributed by atoms with Gasteiger partial charge in [-0.2, -0.15) is 5.10 Å². The van der Waals surface area contributed by atoms with E-state index in [0.717, 1.165) is 12.2 Å². The van der Waals surface area contributed by atoms with E-state index in [1.807, 2.05) is 35.4 Å². The van der Waals surface area contributed by atoms with Crippen molar-refractivity contribution < 1.29 is 0 Å². The van der Waals surface area contributed by atoms with Gasteiger partial charge in [0.15, 0.2) is 0 Å². The van der Waals surface area contributed by atoms with Gasteiger partial charge >= 0.3 is 0 Å². The Kier molecular flexibility index (Phi) is 4.30. The molecule has 4 nitrogen and oxygen atoms in total. The van der Waals surface area contributed by atoms with Crippen LogP contribution in [0.2, 0.25) is 0 Å². The van der Waals surface area contributed by atoms with Crippen molar-refractivity contribution in [3.05, 3.63) is 78.4 Å². The molecule has 3 rings (SSSR count). The highest BCUT2D eigenvalue weighted by molar-refractivity contribution is 5.33. The molecule has 1 unspecified atom stereocenters. The van der Waals surface area contributed by atoms with E-state index in [-0.39, 0.29) is 0 Å². The molecule has 2 aromatic heterocycles. The van der Waals surface area contributed by atoms with Crippen LogP contribution in [0.4, 0.5) is 0 Å². The van der Waals surface area contributed by atoms with Crippen molar-refractivity contribution in [1.29, 1.82) is 0 Å². The number of pyridine rings is 1. The predicted molar refractivity (Wildman–Crippen MR) is 87.7 cm³/mol. The fraction of sp³-hybridized carbons (Fsp3) is 0.222. The Hall–Kier alpha value is -2.46. The van der Waals surface area contributed by atoms with Crippen LogP contribution in [0.3, 0.4) is 0 Å². The van der Waals surface area contributed by atoms with Crippen LogP contribution in [-0.4, -0.2) is 26.7 Å². The van der Waals surface area contributed by atoms with Gasteiger partial charge in [-0.3, -0.25) is 9.88 Å². The first-order valence-corrected chi connectivity index (χ1v) is 7.43. The highest BCUT2D eigenvalue weighted by atomic mass is 15.3. The van der Waals surface area contributed by atoms with Crippen LogP contribution in [0.5, 0.6) is 0 Å². The van der Waals surface area contributed by atoms with Gasteiger partial charge in [-0.1, -0.05) is 18.2 Å². The molecule has 0 fully saturated rings. The van der Waals surface area contributed by atoms with Gasteiger partial charge in [0.25, 0.3) is 0 Å². The van der Waals surface area contributed by atoms with Gasteiger partial charge in [0, 0.05) is 37.4 Å². The van der Waals surface area contributed by atoms with Crippen LogP contribution in [0.25, 0.3) is 5.69 Å². The fourth-order valence-electron chi connectivity index (χ4n) is 2.48. The summed E-state index contributed by atoms with van der Waals surface area (Å²) in [5.74, 6) is 0. The summed E-state index contributed by atoms with van der Waals surface area (Å²) in [7, 11) is 2.14. The summed E-state index contributed by atoms with van der Waals surface area (Å²) in [5, 5.41) is 4.24. The van der Waals surface area contributed by atoms with E-state index in [1.54, 1.807) is 6.20 Å². The lowest BCUT2D eigenvalue weighted by Crippen LogP contribution is -2.22. The number of nitrogens with zero attached hydrogens (tertiary/aromatic N) is 4. The first kappa shape index (κ1) is 14.5. The Balaban J connectivity index is 1.68. The Morgan fingerprint density at radius 3 is 2.55 bits per heavy atom. The number of hydrogen-bond acceptors (Lipinski definition) is 3. The molecule has 0 spiro atoms. The standard InChI is InChI=1S/C18H20N4/c1-15(17-5-3-10-19-13-17)21(2)14-16-6-8-18(9-7-16)22-12-4-11-20-22/h3-13,15H,14H2,1-2H3. The molecule has 112 valence electrons. The SMILES string of the molecule is CC(c1cccnc1)N(C)Cc1ccc(-n2cccn2)cc1. The third kappa shape index (κ3) is 3.23. The lowest BCUT2D eigenvalue weighted by Gasteiger charge is -2.25. The lowest BCUT2D eigenvalue weighted by molar-refractivity contribution is 0.252. The van der Waals surface area contributed by atoms with Crippen LogP contribution < -0.4 is 0 Å². The zero-order valence-electron chi connectivity index (χ0n) is 12.9. The van der Waals surface area contributed by atoms with Crippen LogP contribution in [-0.2, 0) is 6.54 Å². The highest BCUT2D eigenvalue weighted by Gasteiger charge is 2.12. The van der Waals surface area contributed by atoms with E-state index in [2.05, 4.69) is 59.3 Å². The maximum atomic E-state index is 4.24. The van der Waals surface area contributed by atoms with Crippen LogP contribution in [0, 0.1) is 0 Å². The van der Waals surface area contributed by atoms with Gasteiger partial charge in [-0.15, -0.1) is 0 Å². The van der Waals surface area contributed by atoms with Crippen LogP contribution in [0.15, 0.2) is 67.3 Å². The highest BCUT2D eigenvalue weighted by Crippen LogP contribution is 2.20. The second kappa shape index (κ2) is 6.54. The molecule has 0 aliphatic heterocycles. The second-order valence-electron chi connectivity index (χ2n) is 5.49. The smallest absolute Gasteiger partial charge is 0.0645 e. The topological polar surface area (TPSA) is 34.0 Å². The molecule has 3 aromatic rings. The summed E-state index contributed by atoms with van der Waals surface area (Å²) in [4.78, 5) is 6.52. The van der Waals surface area contributed by atoms with E-state index < -0.39 is 0 Å². The molecule has 0 aliphatic rings. The maximum Gasteiger partial charge on any atom is 0.0645 e. The molecular formula is C18H20N4. The Bertz CT molecular complexity index is 690. The van der Waals surface area contributed by atoms with Crippen molar-refractivity contribution in [3.8, 4) is 5.69 Å². The summed E-state index contributed by atoms with van der Waals surface area (Å²) in [5.41, 5.74) is 3.60. The number of rotatable bonds is 5. The van der Waals surface area contributed by atoms with Gasteiger partial charge in [-0.25, -0.2) is 4.68 Å². The molecule has 0 saturated heterocycles. The van der Waals surface area contributed by atoms with Crippen molar-refractivity contribution >= 4 is 0 Å². The second-order valence-corrected chi connectivity index (χ2v) is 5.49.